The zero-order valence-electron chi connectivity index (χ0n) is 22.8. The fraction of sp³-hybridized carbons (Fsp3) is 0.357. The first kappa shape index (κ1) is 27.8. The average Bonchev–Trinajstić information content (AvgIpc) is 3.37. The minimum Gasteiger partial charge on any atom is -0.366 e. The molecule has 2 N–H and O–H groups in total. The van der Waals surface area contributed by atoms with Crippen molar-refractivity contribution in [1.29, 1.82) is 0 Å². The van der Waals surface area contributed by atoms with Crippen molar-refractivity contribution in [3.05, 3.63) is 66.1 Å². The van der Waals surface area contributed by atoms with E-state index in [1.54, 1.807) is 23.4 Å². The van der Waals surface area contributed by atoms with Gasteiger partial charge in [-0.25, -0.2) is 24.1 Å². The Bertz CT molecular complexity index is 1450. The Hall–Kier alpha value is -3.71. The molecule has 1 atom stereocenters. The van der Waals surface area contributed by atoms with Crippen LogP contribution in [0.4, 0.5) is 26.8 Å². The minimum absolute atomic E-state index is 0.248. The van der Waals surface area contributed by atoms with Gasteiger partial charge in [0.05, 0.1) is 0 Å². The Kier molecular flexibility index (Phi) is 8.80. The second kappa shape index (κ2) is 12.6. The summed E-state index contributed by atoms with van der Waals surface area (Å²) in [6, 6.07) is 13.7. The van der Waals surface area contributed by atoms with Crippen molar-refractivity contribution >= 4 is 50.1 Å². The van der Waals surface area contributed by atoms with Crippen molar-refractivity contribution < 1.29 is 14.0 Å². The molecule has 1 saturated heterocycles. The first-order valence-electron chi connectivity index (χ1n) is 13.3. The maximum Gasteiger partial charge on any atom is 0.343 e. The van der Waals surface area contributed by atoms with E-state index in [0.717, 1.165) is 34.0 Å². The number of nitrogens with zero attached hydrogens (tertiary/aromatic N) is 6. The molecule has 10 nitrogen and oxygen atoms in total. The molecular weight excluding hydrogens is 531 g/mol. The van der Waals surface area contributed by atoms with E-state index in [1.807, 2.05) is 50.1 Å². The topological polar surface area (TPSA) is 98.8 Å². The van der Waals surface area contributed by atoms with Crippen molar-refractivity contribution in [3.8, 4) is 0 Å². The van der Waals surface area contributed by atoms with Crippen LogP contribution in [-0.2, 0) is 16.2 Å². The first-order chi connectivity index (χ1) is 19.4. The van der Waals surface area contributed by atoms with Gasteiger partial charge in [0.1, 0.15) is 33.8 Å². The first-order valence-corrected chi connectivity index (χ1v) is 14.1. The van der Waals surface area contributed by atoms with E-state index in [2.05, 4.69) is 25.5 Å². The van der Waals surface area contributed by atoms with E-state index in [4.69, 9.17) is 9.82 Å². The second-order valence-electron chi connectivity index (χ2n) is 9.49. The van der Waals surface area contributed by atoms with Gasteiger partial charge in [0.15, 0.2) is 5.13 Å². The second-order valence-corrected chi connectivity index (χ2v) is 10.5. The molecule has 12 heteroatoms. The van der Waals surface area contributed by atoms with Gasteiger partial charge in [0.2, 0.25) is 0 Å². The lowest BCUT2D eigenvalue weighted by Gasteiger charge is -2.33. The van der Waals surface area contributed by atoms with Gasteiger partial charge in [-0.1, -0.05) is 11.3 Å². The van der Waals surface area contributed by atoms with Gasteiger partial charge in [-0.05, 0) is 67.9 Å². The number of pyridine rings is 2. The van der Waals surface area contributed by atoms with Gasteiger partial charge in [-0.3, -0.25) is 4.90 Å². The highest BCUT2D eigenvalue weighted by Gasteiger charge is 2.28. The molecule has 1 aromatic carbocycles. The Balaban J connectivity index is 1.23. The summed E-state index contributed by atoms with van der Waals surface area (Å²) in [6.07, 6.45) is 1.77. The van der Waals surface area contributed by atoms with Crippen molar-refractivity contribution in [2.24, 2.45) is 0 Å². The molecule has 0 saturated carbocycles. The average molecular weight is 565 g/mol. The molecule has 0 bridgehead atoms. The predicted molar refractivity (Wildman–Crippen MR) is 155 cm³/mol. The molecule has 0 amide bonds. The van der Waals surface area contributed by atoms with Gasteiger partial charge in [-0.15, -0.1) is 5.06 Å². The molecule has 40 heavy (non-hydrogen) atoms. The number of carbonyl (C=O) groups excluding carboxylic acids is 1. The fourth-order valence-corrected chi connectivity index (χ4v) is 5.35. The third-order valence-electron chi connectivity index (χ3n) is 6.73. The molecule has 0 spiro atoms. The van der Waals surface area contributed by atoms with E-state index in [-0.39, 0.29) is 17.8 Å². The molecular formula is C28H33FN8O2S. The van der Waals surface area contributed by atoms with E-state index < -0.39 is 0 Å². The summed E-state index contributed by atoms with van der Waals surface area (Å²) in [6.45, 7) is 8.04. The number of nitrogens with one attached hydrogen (secondary N) is 2. The highest BCUT2D eigenvalue weighted by molar-refractivity contribution is 7.21. The van der Waals surface area contributed by atoms with Gasteiger partial charge in [0, 0.05) is 58.2 Å². The molecule has 210 valence electrons. The molecule has 5 rings (SSSR count). The van der Waals surface area contributed by atoms with Crippen molar-refractivity contribution in [2.45, 2.75) is 26.4 Å². The van der Waals surface area contributed by atoms with Crippen LogP contribution in [0.1, 0.15) is 19.4 Å². The molecule has 3 aromatic heterocycles. The SMILES string of the molecule is CCN(CC)OC(=O)C1CN(Cc2ccnc(Nc3nc4ccc(N(C)c5ccc(F)cc5)nc4s3)c2)CCN1. The molecule has 1 unspecified atom stereocenters. The number of benzene rings is 1. The maximum absolute atomic E-state index is 13.3. The fourth-order valence-electron chi connectivity index (χ4n) is 4.51. The molecule has 0 radical (unpaired) electrons. The minimum atomic E-state index is -0.365. The molecule has 1 fully saturated rings. The normalized spacial score (nSPS) is 15.9. The Morgan fingerprint density at radius 3 is 2.75 bits per heavy atom. The lowest BCUT2D eigenvalue weighted by Crippen LogP contribution is -2.55. The largest absolute Gasteiger partial charge is 0.366 e. The van der Waals surface area contributed by atoms with Crippen LogP contribution >= 0.6 is 11.3 Å². The van der Waals surface area contributed by atoms with Gasteiger partial charge >= 0.3 is 5.97 Å². The number of anilines is 4. The molecule has 1 aliphatic rings. The zero-order valence-corrected chi connectivity index (χ0v) is 23.6. The highest BCUT2D eigenvalue weighted by atomic mass is 32.1. The zero-order chi connectivity index (χ0) is 28.1. The number of hydroxylamine groups is 2. The third kappa shape index (κ3) is 6.70. The molecule has 1 aliphatic heterocycles. The van der Waals surface area contributed by atoms with Crippen LogP contribution in [-0.4, -0.2) is 76.7 Å². The molecule has 4 aromatic rings. The summed E-state index contributed by atoms with van der Waals surface area (Å²) in [5.74, 6) is 0.906. The predicted octanol–water partition coefficient (Wildman–Crippen LogP) is 4.31. The maximum atomic E-state index is 13.3. The lowest BCUT2D eigenvalue weighted by molar-refractivity contribution is -0.192. The number of rotatable bonds is 10. The Labute approximate surface area is 236 Å². The number of hydrogen-bond acceptors (Lipinski definition) is 11. The number of fused-ring (bicyclic) bond motifs is 1. The summed E-state index contributed by atoms with van der Waals surface area (Å²) in [4.78, 5) is 36.9. The van der Waals surface area contributed by atoms with Crippen molar-refractivity contribution in [3.63, 3.8) is 0 Å². The summed E-state index contributed by atoms with van der Waals surface area (Å²) in [5.41, 5.74) is 2.70. The van der Waals surface area contributed by atoms with Crippen LogP contribution in [0.2, 0.25) is 0 Å². The monoisotopic (exact) mass is 564 g/mol. The third-order valence-corrected chi connectivity index (χ3v) is 7.61. The smallest absolute Gasteiger partial charge is 0.343 e. The van der Waals surface area contributed by atoms with Gasteiger partial charge in [-0.2, -0.15) is 0 Å². The van der Waals surface area contributed by atoms with Crippen LogP contribution in [0.25, 0.3) is 10.3 Å². The highest BCUT2D eigenvalue weighted by Crippen LogP contribution is 2.30. The molecule has 4 heterocycles. The Morgan fingerprint density at radius 1 is 1.18 bits per heavy atom. The van der Waals surface area contributed by atoms with E-state index in [0.29, 0.717) is 43.7 Å². The standard InChI is InChI=1S/C28H33FN8O2S/c1-4-37(5-2)39-27(38)23-18-36(15-14-30-23)17-19-12-13-31-24(16-19)33-28-32-22-10-11-25(34-26(22)40-28)35(3)21-8-6-20(29)7-9-21/h6-13,16,23,30H,4-5,14-15,17-18H2,1-3H3,(H,31,32,33). The van der Waals surface area contributed by atoms with Crippen LogP contribution in [0.15, 0.2) is 54.7 Å². The number of thiazole rings is 1. The van der Waals surface area contributed by atoms with E-state index >= 15 is 0 Å². The summed E-state index contributed by atoms with van der Waals surface area (Å²) < 4.78 is 13.3. The van der Waals surface area contributed by atoms with E-state index in [1.165, 1.54) is 23.5 Å². The van der Waals surface area contributed by atoms with Crippen LogP contribution in [0.3, 0.4) is 0 Å². The van der Waals surface area contributed by atoms with Gasteiger partial charge < -0.3 is 20.4 Å². The van der Waals surface area contributed by atoms with Crippen LogP contribution in [0, 0.1) is 5.82 Å². The number of aromatic nitrogens is 3. The van der Waals surface area contributed by atoms with Crippen LogP contribution < -0.4 is 15.5 Å². The number of hydrogen-bond donors (Lipinski definition) is 2. The summed E-state index contributed by atoms with van der Waals surface area (Å²) in [5, 5.41) is 8.93. The summed E-state index contributed by atoms with van der Waals surface area (Å²) in [7, 11) is 1.89. The van der Waals surface area contributed by atoms with Crippen LogP contribution in [0.5, 0.6) is 0 Å². The van der Waals surface area contributed by atoms with Crippen molar-refractivity contribution in [1.82, 2.24) is 30.2 Å². The van der Waals surface area contributed by atoms with E-state index in [9.17, 15) is 9.18 Å². The number of halogens is 1. The number of carbonyl (C=O) groups is 1. The number of piperazine rings is 1. The molecule has 0 aliphatic carbocycles. The Morgan fingerprint density at radius 2 is 1.98 bits per heavy atom. The van der Waals surface area contributed by atoms with Gasteiger partial charge in [0.25, 0.3) is 0 Å². The quantitative estimate of drug-likeness (QED) is 0.271. The van der Waals surface area contributed by atoms with Crippen molar-refractivity contribution in [2.75, 3.05) is 50.0 Å². The summed E-state index contributed by atoms with van der Waals surface area (Å²) >= 11 is 1.44. The lowest BCUT2D eigenvalue weighted by atomic mass is 10.1.